The molecule has 3 rings (SSSR count). The zero-order valence-corrected chi connectivity index (χ0v) is 9.42. The Morgan fingerprint density at radius 1 is 1.35 bits per heavy atom. The van der Waals surface area contributed by atoms with Gasteiger partial charge in [-0.3, -0.25) is 4.79 Å². The first-order valence-electron chi connectivity index (χ1n) is 5.79. The fraction of sp³-hybridized carbons (Fsp3) is 0.385. The number of carbonyl (C=O) groups excluding carboxylic acids is 1. The van der Waals surface area contributed by atoms with Crippen molar-refractivity contribution < 1.29 is 4.79 Å². The van der Waals surface area contributed by atoms with Crippen molar-refractivity contribution in [1.82, 2.24) is 5.32 Å². The van der Waals surface area contributed by atoms with E-state index in [1.807, 2.05) is 18.2 Å². The molecule has 0 aromatic heterocycles. The first kappa shape index (κ1) is 10.2. The fourth-order valence-corrected chi connectivity index (χ4v) is 2.85. The number of benzene rings is 1. The SMILES string of the molecule is N#Cc1ccc2c(c1)C1(CCNC(=O)C1)CN2. The van der Waals surface area contributed by atoms with Gasteiger partial charge in [0.05, 0.1) is 11.6 Å². The Morgan fingerprint density at radius 2 is 2.24 bits per heavy atom. The van der Waals surface area contributed by atoms with Crippen LogP contribution in [0.5, 0.6) is 0 Å². The van der Waals surface area contributed by atoms with E-state index >= 15 is 0 Å². The molecule has 4 nitrogen and oxygen atoms in total. The molecule has 1 atom stereocenters. The molecule has 0 aliphatic carbocycles. The number of fused-ring (bicyclic) bond motifs is 2. The number of carbonyl (C=O) groups is 1. The van der Waals surface area contributed by atoms with Crippen LogP contribution in [0.4, 0.5) is 5.69 Å². The Hall–Kier alpha value is -2.02. The minimum absolute atomic E-state index is 0.105. The summed E-state index contributed by atoms with van der Waals surface area (Å²) in [4.78, 5) is 11.6. The van der Waals surface area contributed by atoms with Gasteiger partial charge < -0.3 is 10.6 Å². The summed E-state index contributed by atoms with van der Waals surface area (Å²) in [7, 11) is 0. The van der Waals surface area contributed by atoms with E-state index in [0.717, 1.165) is 30.8 Å². The Bertz CT molecular complexity index is 528. The second kappa shape index (κ2) is 3.49. The van der Waals surface area contributed by atoms with E-state index in [4.69, 9.17) is 5.26 Å². The largest absolute Gasteiger partial charge is 0.384 e. The summed E-state index contributed by atoms with van der Waals surface area (Å²) in [5.41, 5.74) is 2.76. The van der Waals surface area contributed by atoms with Gasteiger partial charge in [-0.05, 0) is 30.2 Å². The molecule has 1 unspecified atom stereocenters. The van der Waals surface area contributed by atoms with Crippen molar-refractivity contribution >= 4 is 11.6 Å². The van der Waals surface area contributed by atoms with Gasteiger partial charge >= 0.3 is 0 Å². The molecule has 1 aromatic carbocycles. The van der Waals surface area contributed by atoms with Crippen LogP contribution in [0.15, 0.2) is 18.2 Å². The lowest BCUT2D eigenvalue weighted by Crippen LogP contribution is -2.44. The van der Waals surface area contributed by atoms with Gasteiger partial charge in [-0.2, -0.15) is 5.26 Å². The molecule has 2 N–H and O–H groups in total. The van der Waals surface area contributed by atoms with Gasteiger partial charge in [-0.1, -0.05) is 0 Å². The fourth-order valence-electron chi connectivity index (χ4n) is 2.85. The molecule has 2 aliphatic rings. The number of nitriles is 1. The molecule has 17 heavy (non-hydrogen) atoms. The van der Waals surface area contributed by atoms with Gasteiger partial charge in [0.2, 0.25) is 5.91 Å². The highest BCUT2D eigenvalue weighted by Crippen LogP contribution is 2.43. The minimum Gasteiger partial charge on any atom is -0.384 e. The maximum atomic E-state index is 11.6. The van der Waals surface area contributed by atoms with E-state index in [-0.39, 0.29) is 11.3 Å². The highest BCUT2D eigenvalue weighted by atomic mass is 16.1. The van der Waals surface area contributed by atoms with Gasteiger partial charge in [0.25, 0.3) is 0 Å². The summed E-state index contributed by atoms with van der Waals surface area (Å²) in [6.45, 7) is 1.52. The van der Waals surface area contributed by atoms with Gasteiger partial charge in [-0.15, -0.1) is 0 Å². The lowest BCUT2D eigenvalue weighted by Gasteiger charge is -2.33. The number of nitrogens with zero attached hydrogens (tertiary/aromatic N) is 1. The predicted octanol–water partition coefficient (Wildman–Crippen LogP) is 1.13. The maximum Gasteiger partial charge on any atom is 0.220 e. The third-order valence-electron chi connectivity index (χ3n) is 3.76. The van der Waals surface area contributed by atoms with E-state index in [0.29, 0.717) is 12.0 Å². The molecule has 0 saturated carbocycles. The van der Waals surface area contributed by atoms with E-state index in [9.17, 15) is 4.79 Å². The summed E-state index contributed by atoms with van der Waals surface area (Å²) in [5, 5.41) is 15.2. The lowest BCUT2D eigenvalue weighted by molar-refractivity contribution is -0.123. The second-order valence-corrected chi connectivity index (χ2v) is 4.78. The average Bonchev–Trinajstić information content (AvgIpc) is 2.68. The van der Waals surface area contributed by atoms with Gasteiger partial charge in [0, 0.05) is 30.6 Å². The molecule has 4 heteroatoms. The topological polar surface area (TPSA) is 64.9 Å². The summed E-state index contributed by atoms with van der Waals surface area (Å²) in [6, 6.07) is 7.84. The number of nitrogens with one attached hydrogen (secondary N) is 2. The van der Waals surface area contributed by atoms with Crippen LogP contribution in [0.25, 0.3) is 0 Å². The highest BCUT2D eigenvalue weighted by molar-refractivity contribution is 5.80. The predicted molar refractivity (Wildman–Crippen MR) is 63.6 cm³/mol. The maximum absolute atomic E-state index is 11.6. The molecular formula is C13H13N3O. The molecule has 1 amide bonds. The standard InChI is InChI=1S/C13H13N3O/c14-7-9-1-2-11-10(5-9)13(8-16-11)3-4-15-12(17)6-13/h1-2,5,16H,3-4,6,8H2,(H,15,17). The Labute approximate surface area is 99.6 Å². The van der Waals surface area contributed by atoms with Crippen LogP contribution in [-0.2, 0) is 10.2 Å². The van der Waals surface area contributed by atoms with Crippen molar-refractivity contribution in [2.45, 2.75) is 18.3 Å². The number of hydrogen-bond acceptors (Lipinski definition) is 3. The van der Waals surface area contributed by atoms with Crippen molar-refractivity contribution in [2.24, 2.45) is 0 Å². The summed E-state index contributed by atoms with van der Waals surface area (Å²) < 4.78 is 0. The van der Waals surface area contributed by atoms with Crippen LogP contribution in [0.2, 0.25) is 0 Å². The Morgan fingerprint density at radius 3 is 3.00 bits per heavy atom. The second-order valence-electron chi connectivity index (χ2n) is 4.78. The number of rotatable bonds is 0. The third-order valence-corrected chi connectivity index (χ3v) is 3.76. The van der Waals surface area contributed by atoms with E-state index < -0.39 is 0 Å². The van der Waals surface area contributed by atoms with Gasteiger partial charge in [0.15, 0.2) is 0 Å². The van der Waals surface area contributed by atoms with E-state index in [2.05, 4.69) is 16.7 Å². The van der Waals surface area contributed by atoms with Crippen LogP contribution in [0, 0.1) is 11.3 Å². The van der Waals surface area contributed by atoms with Gasteiger partial charge in [-0.25, -0.2) is 0 Å². The molecule has 0 radical (unpaired) electrons. The third kappa shape index (κ3) is 1.47. The number of amides is 1. The van der Waals surface area contributed by atoms with Crippen molar-refractivity contribution in [3.63, 3.8) is 0 Å². The molecule has 0 bridgehead atoms. The average molecular weight is 227 g/mol. The summed E-state index contributed by atoms with van der Waals surface area (Å²) in [6.07, 6.45) is 1.45. The van der Waals surface area contributed by atoms with E-state index in [1.54, 1.807) is 0 Å². The molecule has 1 saturated heterocycles. The first-order valence-corrected chi connectivity index (χ1v) is 5.79. The van der Waals surface area contributed by atoms with Crippen molar-refractivity contribution in [2.75, 3.05) is 18.4 Å². The highest BCUT2D eigenvalue weighted by Gasteiger charge is 2.42. The van der Waals surface area contributed by atoms with Crippen molar-refractivity contribution in [3.05, 3.63) is 29.3 Å². The summed E-state index contributed by atoms with van der Waals surface area (Å²) in [5.74, 6) is 0.105. The van der Waals surface area contributed by atoms with Crippen molar-refractivity contribution in [1.29, 1.82) is 5.26 Å². The minimum atomic E-state index is -0.107. The number of hydrogen-bond donors (Lipinski definition) is 2. The molecule has 2 aliphatic heterocycles. The van der Waals surface area contributed by atoms with Crippen LogP contribution in [0.3, 0.4) is 0 Å². The zero-order valence-electron chi connectivity index (χ0n) is 9.42. The van der Waals surface area contributed by atoms with Crippen LogP contribution in [0.1, 0.15) is 24.0 Å². The van der Waals surface area contributed by atoms with Crippen LogP contribution >= 0.6 is 0 Å². The number of piperidine rings is 1. The number of anilines is 1. The first-order chi connectivity index (χ1) is 8.23. The van der Waals surface area contributed by atoms with E-state index in [1.165, 1.54) is 0 Å². The smallest absolute Gasteiger partial charge is 0.220 e. The molecule has 86 valence electrons. The Kier molecular flexibility index (Phi) is 2.08. The quantitative estimate of drug-likeness (QED) is 0.698. The van der Waals surface area contributed by atoms with Crippen molar-refractivity contribution in [3.8, 4) is 6.07 Å². The molecule has 1 fully saturated rings. The van der Waals surface area contributed by atoms with Gasteiger partial charge in [0.1, 0.15) is 0 Å². The monoisotopic (exact) mass is 227 g/mol. The lowest BCUT2D eigenvalue weighted by atomic mass is 9.74. The van der Waals surface area contributed by atoms with Crippen LogP contribution < -0.4 is 10.6 Å². The molecular weight excluding hydrogens is 214 g/mol. The molecule has 1 aromatic rings. The van der Waals surface area contributed by atoms with Crippen LogP contribution in [-0.4, -0.2) is 19.0 Å². The molecule has 2 heterocycles. The summed E-state index contributed by atoms with van der Waals surface area (Å²) >= 11 is 0. The Balaban J connectivity index is 2.07. The zero-order chi connectivity index (χ0) is 11.9. The molecule has 1 spiro atoms. The normalized spacial score (nSPS) is 25.9.